The number of amides is 1. The fourth-order valence-corrected chi connectivity index (χ4v) is 5.45. The van der Waals surface area contributed by atoms with Gasteiger partial charge in [-0.1, -0.05) is 35.9 Å². The summed E-state index contributed by atoms with van der Waals surface area (Å²) in [6, 6.07) is 17.9. The van der Waals surface area contributed by atoms with E-state index in [-0.39, 0.29) is 28.6 Å². The molecular weight excluding hydrogens is 530 g/mol. The third-order valence-corrected chi connectivity index (χ3v) is 7.44. The first kappa shape index (κ1) is 25.1. The zero-order chi connectivity index (χ0) is 24.0. The van der Waals surface area contributed by atoms with Crippen LogP contribution in [-0.4, -0.2) is 28.0 Å². The monoisotopic (exact) mass is 551 g/mol. The minimum absolute atomic E-state index is 0.00475. The van der Waals surface area contributed by atoms with Crippen LogP contribution in [0.2, 0.25) is 5.02 Å². The second kappa shape index (κ2) is 11.0. The smallest absolute Gasteiger partial charge is 0.270 e. The van der Waals surface area contributed by atoms with E-state index in [0.29, 0.717) is 17.9 Å². The van der Waals surface area contributed by atoms with Gasteiger partial charge in [0.15, 0.2) is 0 Å². The Morgan fingerprint density at radius 3 is 2.36 bits per heavy atom. The van der Waals surface area contributed by atoms with Crippen molar-refractivity contribution in [1.29, 1.82) is 0 Å². The predicted octanol–water partition coefficient (Wildman–Crippen LogP) is 6.00. The van der Waals surface area contributed by atoms with E-state index >= 15 is 0 Å². The Bertz CT molecular complexity index is 1230. The molecule has 3 aromatic rings. The molecule has 174 valence electrons. The molecule has 0 unspecified atom stereocenters. The lowest BCUT2D eigenvalue weighted by molar-refractivity contribution is -0.117. The summed E-state index contributed by atoms with van der Waals surface area (Å²) >= 11 is 9.66. The van der Waals surface area contributed by atoms with Crippen LogP contribution in [0.3, 0.4) is 0 Å². The Hall–Kier alpha value is -2.55. The first-order chi connectivity index (χ1) is 15.7. The molecule has 0 radical (unpaired) electrons. The molecule has 33 heavy (non-hydrogen) atoms. The number of aryl methyl sites for hydroxylation is 1. The van der Waals surface area contributed by atoms with Gasteiger partial charge in [0.1, 0.15) is 11.5 Å². The summed E-state index contributed by atoms with van der Waals surface area (Å²) in [6.07, 6.45) is 0.281. The third-order valence-electron chi connectivity index (χ3n) is 4.76. The van der Waals surface area contributed by atoms with Crippen molar-refractivity contribution in [3.63, 3.8) is 0 Å². The van der Waals surface area contributed by atoms with Crippen LogP contribution in [0.5, 0.6) is 11.5 Å². The van der Waals surface area contributed by atoms with Gasteiger partial charge in [0, 0.05) is 6.42 Å². The fourth-order valence-electron chi connectivity index (χ4n) is 3.13. The van der Waals surface area contributed by atoms with E-state index in [1.54, 1.807) is 18.2 Å². The summed E-state index contributed by atoms with van der Waals surface area (Å²) in [4.78, 5) is 13.2. The lowest BCUT2D eigenvalue weighted by Gasteiger charge is -2.23. The number of hydrogen-bond donors (Lipinski definition) is 0. The van der Waals surface area contributed by atoms with E-state index in [1.807, 2.05) is 25.1 Å². The molecule has 0 aliphatic rings. The van der Waals surface area contributed by atoms with E-state index < -0.39 is 15.9 Å². The van der Waals surface area contributed by atoms with Crippen LogP contribution in [-0.2, 0) is 14.8 Å². The zero-order valence-electron chi connectivity index (χ0n) is 18.1. The molecule has 0 bridgehead atoms. The van der Waals surface area contributed by atoms with Crippen LogP contribution in [0.25, 0.3) is 0 Å². The molecule has 3 rings (SSSR count). The number of hydrogen-bond acceptors (Lipinski definition) is 5. The SMILES string of the molecule is COc1ccc(N(C(=O)CCCOc2ccc(C)cc2Br)S(=O)(=O)c2ccccc2)cc1Cl. The maximum absolute atomic E-state index is 13.4. The molecule has 0 aliphatic carbocycles. The first-order valence-corrected chi connectivity index (χ1v) is 12.7. The molecule has 9 heteroatoms. The van der Waals surface area contributed by atoms with Gasteiger partial charge in [0.25, 0.3) is 10.0 Å². The Morgan fingerprint density at radius 2 is 1.73 bits per heavy atom. The Balaban J connectivity index is 1.81. The summed E-state index contributed by atoms with van der Waals surface area (Å²) in [7, 11) is -2.70. The summed E-state index contributed by atoms with van der Waals surface area (Å²) in [5.74, 6) is 0.442. The van der Waals surface area contributed by atoms with Gasteiger partial charge in [0.2, 0.25) is 5.91 Å². The molecule has 0 heterocycles. The van der Waals surface area contributed by atoms with Gasteiger partial charge >= 0.3 is 0 Å². The van der Waals surface area contributed by atoms with Crippen LogP contribution in [0.15, 0.2) is 76.1 Å². The van der Waals surface area contributed by atoms with Gasteiger partial charge in [0.05, 0.1) is 33.8 Å². The lowest BCUT2D eigenvalue weighted by atomic mass is 10.2. The third kappa shape index (κ3) is 6.07. The van der Waals surface area contributed by atoms with Gasteiger partial charge in [-0.25, -0.2) is 12.7 Å². The standard InChI is InChI=1S/C24H23BrClNO5S/c1-17-10-12-22(20(25)15-17)32-14-6-9-24(28)27(18-11-13-23(31-2)21(26)16-18)33(29,30)19-7-4-3-5-8-19/h3-5,7-8,10-13,15-16H,6,9,14H2,1-2H3. The number of rotatable bonds is 9. The molecule has 0 spiro atoms. The molecule has 0 atom stereocenters. The summed E-state index contributed by atoms with van der Waals surface area (Å²) < 4.78 is 39.2. The molecule has 6 nitrogen and oxygen atoms in total. The number of halogens is 2. The number of benzene rings is 3. The average Bonchev–Trinajstić information content (AvgIpc) is 2.78. The molecular formula is C24H23BrClNO5S. The van der Waals surface area contributed by atoms with Gasteiger partial charge in [-0.15, -0.1) is 0 Å². The summed E-state index contributed by atoms with van der Waals surface area (Å²) in [5.41, 5.74) is 1.22. The minimum Gasteiger partial charge on any atom is -0.495 e. The molecule has 0 aliphatic heterocycles. The number of carbonyl (C=O) groups excluding carboxylic acids is 1. The van der Waals surface area contributed by atoms with Crippen molar-refractivity contribution < 1.29 is 22.7 Å². The van der Waals surface area contributed by atoms with E-state index in [0.717, 1.165) is 14.3 Å². The number of carbonyl (C=O) groups is 1. The van der Waals surface area contributed by atoms with Gasteiger partial charge in [-0.3, -0.25) is 4.79 Å². The second-order valence-electron chi connectivity index (χ2n) is 7.18. The van der Waals surface area contributed by atoms with Gasteiger partial charge < -0.3 is 9.47 Å². The first-order valence-electron chi connectivity index (χ1n) is 10.1. The van der Waals surface area contributed by atoms with E-state index in [9.17, 15) is 13.2 Å². The van der Waals surface area contributed by atoms with Crippen molar-refractivity contribution in [3.8, 4) is 11.5 Å². The highest BCUT2D eigenvalue weighted by Crippen LogP contribution is 2.32. The van der Waals surface area contributed by atoms with Crippen LogP contribution < -0.4 is 13.8 Å². The molecule has 1 amide bonds. The van der Waals surface area contributed by atoms with Crippen LogP contribution in [0.1, 0.15) is 18.4 Å². The van der Waals surface area contributed by atoms with Crippen molar-refractivity contribution >= 4 is 49.1 Å². The molecule has 0 N–H and O–H groups in total. The van der Waals surface area contributed by atoms with Gasteiger partial charge in [-0.05, 0) is 77.3 Å². The van der Waals surface area contributed by atoms with Crippen molar-refractivity contribution in [2.45, 2.75) is 24.7 Å². The molecule has 0 aromatic heterocycles. The highest BCUT2D eigenvalue weighted by molar-refractivity contribution is 9.10. The number of ether oxygens (including phenoxy) is 2. The minimum atomic E-state index is -4.15. The largest absolute Gasteiger partial charge is 0.495 e. The van der Waals surface area contributed by atoms with Gasteiger partial charge in [-0.2, -0.15) is 0 Å². The van der Waals surface area contributed by atoms with E-state index in [2.05, 4.69) is 15.9 Å². The summed E-state index contributed by atoms with van der Waals surface area (Å²) in [5, 5.41) is 0.198. The normalized spacial score (nSPS) is 11.2. The van der Waals surface area contributed by atoms with Crippen LogP contribution in [0.4, 0.5) is 5.69 Å². The van der Waals surface area contributed by atoms with Crippen molar-refractivity contribution in [3.05, 3.63) is 81.8 Å². The van der Waals surface area contributed by atoms with Crippen molar-refractivity contribution in [2.24, 2.45) is 0 Å². The predicted molar refractivity (Wildman–Crippen MR) is 133 cm³/mol. The Labute approximate surface area is 207 Å². The van der Waals surface area contributed by atoms with Crippen molar-refractivity contribution in [2.75, 3.05) is 18.0 Å². The summed E-state index contributed by atoms with van der Waals surface area (Å²) in [6.45, 7) is 2.22. The van der Waals surface area contributed by atoms with Crippen LogP contribution >= 0.6 is 27.5 Å². The zero-order valence-corrected chi connectivity index (χ0v) is 21.3. The quantitative estimate of drug-likeness (QED) is 0.304. The molecule has 3 aromatic carbocycles. The van der Waals surface area contributed by atoms with Crippen LogP contribution in [0, 0.1) is 6.92 Å². The maximum atomic E-state index is 13.4. The number of nitrogens with zero attached hydrogens (tertiary/aromatic N) is 1. The number of sulfonamides is 1. The highest BCUT2D eigenvalue weighted by atomic mass is 79.9. The number of methoxy groups -OCH3 is 1. The Morgan fingerprint density at radius 1 is 1.03 bits per heavy atom. The fraction of sp³-hybridized carbons (Fsp3) is 0.208. The topological polar surface area (TPSA) is 72.9 Å². The molecule has 0 saturated heterocycles. The molecule has 0 saturated carbocycles. The van der Waals surface area contributed by atoms with E-state index in [1.165, 1.54) is 37.4 Å². The Kier molecular flexibility index (Phi) is 8.40. The van der Waals surface area contributed by atoms with E-state index in [4.69, 9.17) is 21.1 Å². The lowest BCUT2D eigenvalue weighted by Crippen LogP contribution is -2.37. The van der Waals surface area contributed by atoms with Crippen molar-refractivity contribution in [1.82, 2.24) is 0 Å². The average molecular weight is 553 g/mol. The second-order valence-corrected chi connectivity index (χ2v) is 10.2. The highest BCUT2D eigenvalue weighted by Gasteiger charge is 2.31. The maximum Gasteiger partial charge on any atom is 0.270 e. The number of anilines is 1. The molecule has 0 fully saturated rings.